The summed E-state index contributed by atoms with van der Waals surface area (Å²) in [6, 6.07) is 10.2. The van der Waals surface area contributed by atoms with Gasteiger partial charge < -0.3 is 4.74 Å². The highest BCUT2D eigenvalue weighted by atomic mass is 19.1. The average Bonchev–Trinajstić information content (AvgIpc) is 2.46. The van der Waals surface area contributed by atoms with Crippen LogP contribution in [0.4, 0.5) is 8.78 Å². The number of carbonyl (C=O) groups is 1. The van der Waals surface area contributed by atoms with Gasteiger partial charge in [-0.15, -0.1) is 0 Å². The van der Waals surface area contributed by atoms with Gasteiger partial charge in [-0.3, -0.25) is 4.79 Å². The first kappa shape index (κ1) is 14.2. The molecule has 4 heteroatoms. The Morgan fingerprint density at radius 2 is 1.65 bits per heavy atom. The SMILES string of the molecule is CCC(=O)c1ccc(OCc2c(F)cccc2F)cc1. The highest BCUT2D eigenvalue weighted by molar-refractivity contribution is 5.95. The van der Waals surface area contributed by atoms with E-state index in [0.717, 1.165) is 0 Å². The van der Waals surface area contributed by atoms with E-state index in [1.54, 1.807) is 31.2 Å². The number of benzene rings is 2. The summed E-state index contributed by atoms with van der Waals surface area (Å²) in [5, 5.41) is 0. The van der Waals surface area contributed by atoms with Crippen LogP contribution in [0.3, 0.4) is 0 Å². The van der Waals surface area contributed by atoms with Crippen LogP contribution < -0.4 is 4.74 Å². The second-order valence-electron chi connectivity index (χ2n) is 4.29. The first-order valence-corrected chi connectivity index (χ1v) is 6.30. The van der Waals surface area contributed by atoms with Crippen molar-refractivity contribution in [3.63, 3.8) is 0 Å². The Bertz CT molecular complexity index is 586. The lowest BCUT2D eigenvalue weighted by Crippen LogP contribution is -2.02. The fourth-order valence-corrected chi connectivity index (χ4v) is 1.77. The normalized spacial score (nSPS) is 10.3. The van der Waals surface area contributed by atoms with Crippen molar-refractivity contribution in [2.24, 2.45) is 0 Å². The fourth-order valence-electron chi connectivity index (χ4n) is 1.77. The Kier molecular flexibility index (Phi) is 4.45. The summed E-state index contributed by atoms with van der Waals surface area (Å²) in [6.45, 7) is 1.59. The maximum absolute atomic E-state index is 13.4. The number of hydrogen-bond acceptors (Lipinski definition) is 2. The number of hydrogen-bond donors (Lipinski definition) is 0. The van der Waals surface area contributed by atoms with E-state index in [0.29, 0.717) is 17.7 Å². The monoisotopic (exact) mass is 276 g/mol. The third kappa shape index (κ3) is 3.20. The molecule has 0 aliphatic carbocycles. The van der Waals surface area contributed by atoms with Crippen LogP contribution in [0.1, 0.15) is 29.3 Å². The second-order valence-corrected chi connectivity index (χ2v) is 4.29. The Labute approximate surface area is 116 Å². The summed E-state index contributed by atoms with van der Waals surface area (Å²) in [4.78, 5) is 11.5. The maximum Gasteiger partial charge on any atom is 0.162 e. The number of ketones is 1. The molecule has 0 atom stereocenters. The summed E-state index contributed by atoms with van der Waals surface area (Å²) >= 11 is 0. The highest BCUT2D eigenvalue weighted by Crippen LogP contribution is 2.18. The molecular formula is C16H14F2O2. The van der Waals surface area contributed by atoms with Gasteiger partial charge in [0, 0.05) is 12.0 Å². The first-order chi connectivity index (χ1) is 9.61. The summed E-state index contributed by atoms with van der Waals surface area (Å²) in [6.07, 6.45) is 0.431. The molecule has 0 bridgehead atoms. The van der Waals surface area contributed by atoms with Gasteiger partial charge >= 0.3 is 0 Å². The summed E-state index contributed by atoms with van der Waals surface area (Å²) in [5.74, 6) is -0.775. The van der Waals surface area contributed by atoms with Crippen molar-refractivity contribution < 1.29 is 18.3 Å². The molecule has 0 radical (unpaired) electrons. The van der Waals surface area contributed by atoms with E-state index in [1.165, 1.54) is 18.2 Å². The van der Waals surface area contributed by atoms with E-state index in [9.17, 15) is 13.6 Å². The third-order valence-electron chi connectivity index (χ3n) is 2.94. The van der Waals surface area contributed by atoms with Crippen LogP contribution in [0.25, 0.3) is 0 Å². The molecule has 0 aromatic heterocycles. The van der Waals surface area contributed by atoms with Gasteiger partial charge in [-0.25, -0.2) is 8.78 Å². The predicted octanol–water partition coefficient (Wildman–Crippen LogP) is 4.14. The zero-order valence-electron chi connectivity index (χ0n) is 11.0. The molecule has 0 unspecified atom stereocenters. The zero-order valence-corrected chi connectivity index (χ0v) is 11.0. The lowest BCUT2D eigenvalue weighted by atomic mass is 10.1. The Morgan fingerprint density at radius 1 is 1.05 bits per heavy atom. The molecule has 0 aliphatic rings. The van der Waals surface area contributed by atoms with Gasteiger partial charge in [-0.1, -0.05) is 13.0 Å². The minimum atomic E-state index is -0.636. The van der Waals surface area contributed by atoms with Crippen molar-refractivity contribution in [1.29, 1.82) is 0 Å². The Balaban J connectivity index is 2.06. The minimum absolute atomic E-state index is 0.0386. The smallest absolute Gasteiger partial charge is 0.162 e. The van der Waals surface area contributed by atoms with E-state index >= 15 is 0 Å². The molecule has 2 nitrogen and oxygen atoms in total. The molecule has 2 aromatic carbocycles. The molecule has 0 amide bonds. The number of ether oxygens (including phenoxy) is 1. The van der Waals surface area contributed by atoms with Crippen LogP contribution in [0.15, 0.2) is 42.5 Å². The van der Waals surface area contributed by atoms with Gasteiger partial charge in [-0.05, 0) is 36.4 Å². The van der Waals surface area contributed by atoms with Gasteiger partial charge in [0.2, 0.25) is 0 Å². The van der Waals surface area contributed by atoms with E-state index in [4.69, 9.17) is 4.74 Å². The summed E-state index contributed by atoms with van der Waals surface area (Å²) < 4.78 is 32.1. The number of Topliss-reactive ketones (excluding diaryl/α,β-unsaturated/α-hetero) is 1. The van der Waals surface area contributed by atoms with Crippen LogP contribution in [-0.4, -0.2) is 5.78 Å². The van der Waals surface area contributed by atoms with Crippen molar-refractivity contribution in [3.8, 4) is 5.75 Å². The first-order valence-electron chi connectivity index (χ1n) is 6.30. The number of halogens is 2. The van der Waals surface area contributed by atoms with Gasteiger partial charge in [0.1, 0.15) is 24.0 Å². The average molecular weight is 276 g/mol. The molecule has 20 heavy (non-hydrogen) atoms. The second kappa shape index (κ2) is 6.28. The van der Waals surface area contributed by atoms with E-state index in [-0.39, 0.29) is 18.0 Å². The molecule has 2 aromatic rings. The standard InChI is InChI=1S/C16H14F2O2/c1-2-16(19)11-6-8-12(9-7-11)20-10-13-14(17)4-3-5-15(13)18/h3-9H,2,10H2,1H3. The molecule has 0 heterocycles. The predicted molar refractivity (Wildman–Crippen MR) is 71.8 cm³/mol. The van der Waals surface area contributed by atoms with Crippen molar-refractivity contribution >= 4 is 5.78 Å². The van der Waals surface area contributed by atoms with Gasteiger partial charge in [0.25, 0.3) is 0 Å². The minimum Gasteiger partial charge on any atom is -0.489 e. The fraction of sp³-hybridized carbons (Fsp3) is 0.188. The van der Waals surface area contributed by atoms with Crippen LogP contribution >= 0.6 is 0 Å². The molecule has 0 spiro atoms. The molecule has 2 rings (SSSR count). The maximum atomic E-state index is 13.4. The van der Waals surface area contributed by atoms with Crippen LogP contribution in [0.2, 0.25) is 0 Å². The van der Waals surface area contributed by atoms with Gasteiger partial charge in [0.15, 0.2) is 5.78 Å². The molecule has 0 aliphatic heterocycles. The van der Waals surface area contributed by atoms with Gasteiger partial charge in [0.05, 0.1) is 5.56 Å². The third-order valence-corrected chi connectivity index (χ3v) is 2.94. The lowest BCUT2D eigenvalue weighted by molar-refractivity contribution is 0.0988. The quantitative estimate of drug-likeness (QED) is 0.767. The number of rotatable bonds is 5. The highest BCUT2D eigenvalue weighted by Gasteiger charge is 2.09. The van der Waals surface area contributed by atoms with Crippen molar-refractivity contribution in [2.75, 3.05) is 0 Å². The van der Waals surface area contributed by atoms with Crippen LogP contribution in [-0.2, 0) is 6.61 Å². The Hall–Kier alpha value is -2.23. The molecule has 0 N–H and O–H groups in total. The van der Waals surface area contributed by atoms with E-state index in [2.05, 4.69) is 0 Å². The van der Waals surface area contributed by atoms with Crippen molar-refractivity contribution in [3.05, 3.63) is 65.2 Å². The Morgan fingerprint density at radius 3 is 2.20 bits per heavy atom. The molecular weight excluding hydrogens is 262 g/mol. The summed E-state index contributed by atoms with van der Waals surface area (Å²) in [5.41, 5.74) is 0.484. The molecule has 0 fully saturated rings. The van der Waals surface area contributed by atoms with Crippen molar-refractivity contribution in [1.82, 2.24) is 0 Å². The zero-order chi connectivity index (χ0) is 14.5. The van der Waals surface area contributed by atoms with E-state index < -0.39 is 11.6 Å². The molecule has 104 valence electrons. The van der Waals surface area contributed by atoms with Crippen molar-refractivity contribution in [2.45, 2.75) is 20.0 Å². The molecule has 0 saturated heterocycles. The number of carbonyl (C=O) groups excluding carboxylic acids is 1. The largest absolute Gasteiger partial charge is 0.489 e. The van der Waals surface area contributed by atoms with Crippen LogP contribution in [0.5, 0.6) is 5.75 Å². The molecule has 0 saturated carbocycles. The van der Waals surface area contributed by atoms with Crippen LogP contribution in [0, 0.1) is 11.6 Å². The lowest BCUT2D eigenvalue weighted by Gasteiger charge is -2.08. The van der Waals surface area contributed by atoms with E-state index in [1.807, 2.05) is 0 Å². The summed E-state index contributed by atoms with van der Waals surface area (Å²) in [7, 11) is 0. The topological polar surface area (TPSA) is 26.3 Å². The van der Waals surface area contributed by atoms with Gasteiger partial charge in [-0.2, -0.15) is 0 Å².